The van der Waals surface area contributed by atoms with Gasteiger partial charge in [0.2, 0.25) is 5.91 Å². The van der Waals surface area contributed by atoms with Crippen LogP contribution in [0, 0.1) is 6.92 Å². The predicted octanol–water partition coefficient (Wildman–Crippen LogP) is 3.19. The van der Waals surface area contributed by atoms with Crippen LogP contribution in [0.1, 0.15) is 17.5 Å². The van der Waals surface area contributed by atoms with Gasteiger partial charge in [-0.3, -0.25) is 19.6 Å². The van der Waals surface area contributed by atoms with Crippen LogP contribution < -0.4 is 5.32 Å². The Morgan fingerprint density at radius 3 is 2.77 bits per heavy atom. The molecule has 0 radical (unpaired) electrons. The van der Waals surface area contributed by atoms with Crippen LogP contribution in [0.5, 0.6) is 0 Å². The maximum absolute atomic E-state index is 12.4. The molecule has 0 unspecified atom stereocenters. The Hall–Kier alpha value is -1.95. The molecule has 3 rings (SSSR count). The van der Waals surface area contributed by atoms with Gasteiger partial charge in [0.25, 0.3) is 0 Å². The van der Waals surface area contributed by atoms with Crippen LogP contribution in [-0.2, 0) is 11.3 Å². The fraction of sp³-hybridized carbons (Fsp3) is 0.400. The van der Waals surface area contributed by atoms with E-state index in [4.69, 9.17) is 11.6 Å². The number of aromatic nitrogens is 1. The Balaban J connectivity index is 1.48. The smallest absolute Gasteiger partial charge is 0.238 e. The predicted molar refractivity (Wildman–Crippen MR) is 105 cm³/mol. The molecule has 1 saturated heterocycles. The molecule has 1 amide bonds. The number of aryl methyl sites for hydroxylation is 1. The second-order valence-electron chi connectivity index (χ2n) is 6.78. The largest absolute Gasteiger partial charge is 0.325 e. The minimum absolute atomic E-state index is 0.0208. The van der Waals surface area contributed by atoms with Crippen molar-refractivity contribution in [1.82, 2.24) is 14.8 Å². The molecule has 0 atom stereocenters. The average molecular weight is 373 g/mol. The lowest BCUT2D eigenvalue weighted by Crippen LogP contribution is -2.36. The number of benzene rings is 1. The summed E-state index contributed by atoms with van der Waals surface area (Å²) in [6.07, 6.45) is 4.78. The molecule has 26 heavy (non-hydrogen) atoms. The number of hydrogen-bond acceptors (Lipinski definition) is 4. The van der Waals surface area contributed by atoms with E-state index in [1.54, 1.807) is 6.20 Å². The molecule has 1 aromatic heterocycles. The average Bonchev–Trinajstić information content (AvgIpc) is 2.84. The Kier molecular flexibility index (Phi) is 6.61. The standard InChI is InChI=1S/C20H25ClN4O/c1-16-12-18(5-6-19(16)21)23-20(26)15-25-9-3-8-24(10-11-25)14-17-4-2-7-22-13-17/h2,4-7,12-13H,3,8-11,14-15H2,1H3,(H,23,26). The lowest BCUT2D eigenvalue weighted by molar-refractivity contribution is -0.117. The van der Waals surface area contributed by atoms with E-state index >= 15 is 0 Å². The Labute approximate surface area is 160 Å². The molecule has 6 heteroatoms. The third-order valence-corrected chi connectivity index (χ3v) is 5.04. The van der Waals surface area contributed by atoms with Crippen molar-refractivity contribution >= 4 is 23.2 Å². The summed E-state index contributed by atoms with van der Waals surface area (Å²) in [7, 11) is 0. The highest BCUT2D eigenvalue weighted by Crippen LogP contribution is 2.19. The van der Waals surface area contributed by atoms with E-state index in [1.807, 2.05) is 37.4 Å². The molecule has 1 fully saturated rings. The van der Waals surface area contributed by atoms with Crippen LogP contribution >= 0.6 is 11.6 Å². The second kappa shape index (κ2) is 9.12. The van der Waals surface area contributed by atoms with Gasteiger partial charge in [-0.15, -0.1) is 0 Å². The minimum Gasteiger partial charge on any atom is -0.325 e. The van der Waals surface area contributed by atoms with Crippen LogP contribution in [0.25, 0.3) is 0 Å². The summed E-state index contributed by atoms with van der Waals surface area (Å²) in [5.74, 6) is 0.0208. The SMILES string of the molecule is Cc1cc(NC(=O)CN2CCCN(Cc3cccnc3)CC2)ccc1Cl. The number of carbonyl (C=O) groups is 1. The highest BCUT2D eigenvalue weighted by molar-refractivity contribution is 6.31. The quantitative estimate of drug-likeness (QED) is 0.875. The zero-order valence-corrected chi connectivity index (χ0v) is 15.9. The molecule has 2 aromatic rings. The summed E-state index contributed by atoms with van der Waals surface area (Å²) in [5.41, 5.74) is 2.99. The number of rotatable bonds is 5. The molecule has 1 aliphatic heterocycles. The number of anilines is 1. The fourth-order valence-electron chi connectivity index (χ4n) is 3.22. The van der Waals surface area contributed by atoms with Gasteiger partial charge in [-0.1, -0.05) is 17.7 Å². The Morgan fingerprint density at radius 2 is 2.00 bits per heavy atom. The molecule has 2 heterocycles. The molecule has 1 aromatic carbocycles. The van der Waals surface area contributed by atoms with Crippen molar-refractivity contribution < 1.29 is 4.79 Å². The Bertz CT molecular complexity index is 738. The van der Waals surface area contributed by atoms with E-state index in [1.165, 1.54) is 5.56 Å². The van der Waals surface area contributed by atoms with E-state index in [0.29, 0.717) is 11.6 Å². The van der Waals surface area contributed by atoms with Gasteiger partial charge in [-0.05, 0) is 61.8 Å². The first kappa shape index (κ1) is 18.8. The zero-order chi connectivity index (χ0) is 18.4. The van der Waals surface area contributed by atoms with Crippen molar-refractivity contribution in [2.45, 2.75) is 19.9 Å². The van der Waals surface area contributed by atoms with Gasteiger partial charge in [0.05, 0.1) is 6.54 Å². The van der Waals surface area contributed by atoms with Gasteiger partial charge in [0.15, 0.2) is 0 Å². The summed E-state index contributed by atoms with van der Waals surface area (Å²) in [6.45, 7) is 7.11. The number of pyridine rings is 1. The lowest BCUT2D eigenvalue weighted by Gasteiger charge is -2.21. The van der Waals surface area contributed by atoms with Crippen LogP contribution in [0.3, 0.4) is 0 Å². The van der Waals surface area contributed by atoms with Gasteiger partial charge in [0.1, 0.15) is 0 Å². The molecule has 1 N–H and O–H groups in total. The minimum atomic E-state index is 0.0208. The van der Waals surface area contributed by atoms with Crippen molar-refractivity contribution in [1.29, 1.82) is 0 Å². The van der Waals surface area contributed by atoms with E-state index in [9.17, 15) is 4.79 Å². The van der Waals surface area contributed by atoms with E-state index in [-0.39, 0.29) is 5.91 Å². The molecule has 1 aliphatic rings. The normalized spacial score (nSPS) is 16.2. The summed E-state index contributed by atoms with van der Waals surface area (Å²) >= 11 is 6.03. The molecule has 138 valence electrons. The summed E-state index contributed by atoms with van der Waals surface area (Å²) in [4.78, 5) is 21.2. The lowest BCUT2D eigenvalue weighted by atomic mass is 10.2. The van der Waals surface area contributed by atoms with Crippen molar-refractivity contribution in [3.05, 3.63) is 58.9 Å². The first-order valence-corrected chi connectivity index (χ1v) is 9.37. The molecule has 0 saturated carbocycles. The number of amides is 1. The maximum Gasteiger partial charge on any atom is 0.238 e. The molecule has 5 nitrogen and oxygen atoms in total. The van der Waals surface area contributed by atoms with Gasteiger partial charge >= 0.3 is 0 Å². The number of halogens is 1. The molecular formula is C20H25ClN4O. The number of carbonyl (C=O) groups excluding carboxylic acids is 1. The second-order valence-corrected chi connectivity index (χ2v) is 7.19. The van der Waals surface area contributed by atoms with Gasteiger partial charge in [-0.2, -0.15) is 0 Å². The topological polar surface area (TPSA) is 48.5 Å². The maximum atomic E-state index is 12.4. The van der Waals surface area contributed by atoms with Gasteiger partial charge in [-0.25, -0.2) is 0 Å². The van der Waals surface area contributed by atoms with E-state index in [0.717, 1.165) is 50.4 Å². The number of nitrogens with one attached hydrogen (secondary N) is 1. The van der Waals surface area contributed by atoms with E-state index < -0.39 is 0 Å². The molecule has 0 aliphatic carbocycles. The van der Waals surface area contributed by atoms with Crippen molar-refractivity contribution in [2.75, 3.05) is 38.0 Å². The highest BCUT2D eigenvalue weighted by Gasteiger charge is 2.17. The summed E-state index contributed by atoms with van der Waals surface area (Å²) in [5, 5.41) is 3.68. The van der Waals surface area contributed by atoms with Gasteiger partial charge in [0, 0.05) is 42.7 Å². The van der Waals surface area contributed by atoms with Crippen molar-refractivity contribution in [3.8, 4) is 0 Å². The van der Waals surface area contributed by atoms with Gasteiger partial charge < -0.3 is 5.32 Å². The summed E-state index contributed by atoms with van der Waals surface area (Å²) in [6, 6.07) is 9.64. The van der Waals surface area contributed by atoms with Crippen LogP contribution in [0.2, 0.25) is 5.02 Å². The molecule has 0 spiro atoms. The van der Waals surface area contributed by atoms with Crippen molar-refractivity contribution in [2.24, 2.45) is 0 Å². The monoisotopic (exact) mass is 372 g/mol. The highest BCUT2D eigenvalue weighted by atomic mass is 35.5. The fourth-order valence-corrected chi connectivity index (χ4v) is 3.33. The first-order chi connectivity index (χ1) is 12.6. The number of nitrogens with zero attached hydrogens (tertiary/aromatic N) is 3. The first-order valence-electron chi connectivity index (χ1n) is 9.00. The molecule has 0 bridgehead atoms. The molecular weight excluding hydrogens is 348 g/mol. The third kappa shape index (κ3) is 5.53. The van der Waals surface area contributed by atoms with Crippen LogP contribution in [0.15, 0.2) is 42.7 Å². The van der Waals surface area contributed by atoms with E-state index in [2.05, 4.69) is 26.2 Å². The third-order valence-electron chi connectivity index (χ3n) is 4.62. The van der Waals surface area contributed by atoms with Crippen molar-refractivity contribution in [3.63, 3.8) is 0 Å². The van der Waals surface area contributed by atoms with Crippen LogP contribution in [-0.4, -0.2) is 53.4 Å². The number of hydrogen-bond donors (Lipinski definition) is 1. The summed E-state index contributed by atoms with van der Waals surface area (Å²) < 4.78 is 0. The zero-order valence-electron chi connectivity index (χ0n) is 15.1. The van der Waals surface area contributed by atoms with Crippen LogP contribution in [0.4, 0.5) is 5.69 Å². The Morgan fingerprint density at radius 1 is 1.19 bits per heavy atom.